The number of para-hydroxylation sites is 1. The normalized spacial score (nSPS) is 14.0. The second kappa shape index (κ2) is 11.0. The predicted octanol–water partition coefficient (Wildman–Crippen LogP) is 11.2. The highest BCUT2D eigenvalue weighted by Crippen LogP contribution is 2.55. The van der Waals surface area contributed by atoms with Crippen LogP contribution in [0.5, 0.6) is 0 Å². The first kappa shape index (κ1) is 27.2. The molecule has 0 fully saturated rings. The van der Waals surface area contributed by atoms with E-state index in [1.807, 2.05) is 38.2 Å². The summed E-state index contributed by atoms with van der Waals surface area (Å²) in [5, 5.41) is 4.02. The summed E-state index contributed by atoms with van der Waals surface area (Å²) in [4.78, 5) is 0. The lowest BCUT2D eigenvalue weighted by Gasteiger charge is -2.23. The van der Waals surface area contributed by atoms with Crippen LogP contribution in [0.15, 0.2) is 127 Å². The van der Waals surface area contributed by atoms with Crippen LogP contribution in [0.2, 0.25) is 0 Å². The van der Waals surface area contributed by atoms with Gasteiger partial charge in [0.2, 0.25) is 0 Å². The molecule has 0 N–H and O–H groups in total. The van der Waals surface area contributed by atoms with Gasteiger partial charge in [0.1, 0.15) is 0 Å². The quantitative estimate of drug-likeness (QED) is 0.207. The van der Waals surface area contributed by atoms with Crippen LogP contribution < -0.4 is 0 Å². The fraction of sp³-hybridized carbons (Fsp3) is 0.179. The van der Waals surface area contributed by atoms with E-state index in [-0.39, 0.29) is 5.41 Å². The van der Waals surface area contributed by atoms with Gasteiger partial charge in [0, 0.05) is 22.1 Å². The van der Waals surface area contributed by atoms with Gasteiger partial charge >= 0.3 is 0 Å². The van der Waals surface area contributed by atoms with Gasteiger partial charge in [-0.3, -0.25) is 0 Å². The molecule has 0 amide bonds. The summed E-state index contributed by atoms with van der Waals surface area (Å²) in [7, 11) is 0. The largest absolute Gasteiger partial charge is 0.309 e. The lowest BCUT2D eigenvalue weighted by molar-refractivity contribution is 0.672. The highest BCUT2D eigenvalue weighted by atomic mass is 15.0. The molecule has 6 rings (SSSR count). The van der Waals surface area contributed by atoms with E-state index in [0.29, 0.717) is 0 Å². The molecule has 0 unspecified atom stereocenters. The summed E-state index contributed by atoms with van der Waals surface area (Å²) in [5.74, 6) is 0. The molecule has 5 aromatic rings. The molecule has 1 heteroatoms. The summed E-state index contributed by atoms with van der Waals surface area (Å²) < 4.78 is 2.47. The van der Waals surface area contributed by atoms with Crippen LogP contribution >= 0.6 is 0 Å². The minimum atomic E-state index is -0.0716. The number of benzene rings is 4. The SMILES string of the molecule is C/C=C(\C)c1ccc(-n2c3c(c4ccccc42)C(C)(C)c2c-3ccc3ccccc23)cc1.C=C(C)/C=C\C=C/C. The van der Waals surface area contributed by atoms with E-state index in [1.165, 1.54) is 60.9 Å². The standard InChI is InChI=1S/C31H27N.C8H12/c1-5-20(2)21-14-17-23(18-15-21)32-27-13-9-8-12-25(27)29-30(32)26-19-16-22-10-6-7-11-24(22)28(26)31(29,3)4;1-4-5-6-7-8(2)3/h5-19H,1-4H3;4-7H,2H2,1,3H3/b20-5+;5-4-,7-6-. The predicted molar refractivity (Wildman–Crippen MR) is 176 cm³/mol. The number of rotatable bonds is 4. The number of hydrogen-bond donors (Lipinski definition) is 0. The molecule has 1 heterocycles. The second-order valence-electron chi connectivity index (χ2n) is 11.2. The first-order valence-electron chi connectivity index (χ1n) is 14.1. The zero-order chi connectivity index (χ0) is 28.4. The Hall–Kier alpha value is -4.36. The third-order valence-electron chi connectivity index (χ3n) is 8.01. The topological polar surface area (TPSA) is 4.93 Å². The van der Waals surface area contributed by atoms with E-state index in [0.717, 1.165) is 5.57 Å². The van der Waals surface area contributed by atoms with E-state index in [4.69, 9.17) is 0 Å². The van der Waals surface area contributed by atoms with E-state index in [9.17, 15) is 0 Å². The molecule has 0 saturated carbocycles. The number of fused-ring (bicyclic) bond motifs is 7. The molecule has 0 spiro atoms. The molecule has 0 bridgehead atoms. The van der Waals surface area contributed by atoms with Crippen molar-refractivity contribution in [1.29, 1.82) is 0 Å². The molecule has 1 aromatic heterocycles. The molecule has 0 atom stereocenters. The number of nitrogens with zero attached hydrogens (tertiary/aromatic N) is 1. The van der Waals surface area contributed by atoms with Crippen LogP contribution in [0.25, 0.3) is 44.2 Å². The molecular weight excluding hydrogens is 482 g/mol. The van der Waals surface area contributed by atoms with Crippen LogP contribution in [-0.4, -0.2) is 4.57 Å². The number of allylic oxidation sites excluding steroid dienone is 7. The summed E-state index contributed by atoms with van der Waals surface area (Å²) in [6, 6.07) is 31.3. The Morgan fingerprint density at radius 1 is 0.750 bits per heavy atom. The van der Waals surface area contributed by atoms with Crippen molar-refractivity contribution in [3.8, 4) is 16.9 Å². The van der Waals surface area contributed by atoms with Gasteiger partial charge in [-0.1, -0.05) is 123 Å². The Morgan fingerprint density at radius 2 is 1.43 bits per heavy atom. The van der Waals surface area contributed by atoms with Crippen LogP contribution in [-0.2, 0) is 5.41 Å². The molecule has 1 aliphatic rings. The van der Waals surface area contributed by atoms with Crippen molar-refractivity contribution in [2.75, 3.05) is 0 Å². The summed E-state index contributed by atoms with van der Waals surface area (Å²) in [6.07, 6.45) is 10.1. The molecule has 0 saturated heterocycles. The van der Waals surface area contributed by atoms with Crippen molar-refractivity contribution in [2.24, 2.45) is 0 Å². The van der Waals surface area contributed by atoms with Crippen LogP contribution in [0.3, 0.4) is 0 Å². The van der Waals surface area contributed by atoms with Crippen molar-refractivity contribution in [2.45, 2.75) is 47.0 Å². The maximum absolute atomic E-state index is 3.71. The van der Waals surface area contributed by atoms with E-state index in [2.05, 4.69) is 130 Å². The van der Waals surface area contributed by atoms with Gasteiger partial charge in [0.25, 0.3) is 0 Å². The highest BCUT2D eigenvalue weighted by molar-refractivity contribution is 6.04. The smallest absolute Gasteiger partial charge is 0.0585 e. The molecule has 40 heavy (non-hydrogen) atoms. The zero-order valence-electron chi connectivity index (χ0n) is 24.6. The minimum Gasteiger partial charge on any atom is -0.309 e. The maximum Gasteiger partial charge on any atom is 0.0585 e. The van der Waals surface area contributed by atoms with Gasteiger partial charge < -0.3 is 4.57 Å². The Labute approximate surface area is 239 Å². The summed E-state index contributed by atoms with van der Waals surface area (Å²) in [6.45, 7) is 16.7. The van der Waals surface area contributed by atoms with Gasteiger partial charge in [0.15, 0.2) is 0 Å². The van der Waals surface area contributed by atoms with E-state index >= 15 is 0 Å². The van der Waals surface area contributed by atoms with E-state index < -0.39 is 0 Å². The Bertz CT molecular complexity index is 1800. The minimum absolute atomic E-state index is 0.0716. The van der Waals surface area contributed by atoms with Gasteiger partial charge in [-0.15, -0.1) is 0 Å². The zero-order valence-corrected chi connectivity index (χ0v) is 24.6. The fourth-order valence-electron chi connectivity index (χ4n) is 6.03. The van der Waals surface area contributed by atoms with Crippen molar-refractivity contribution in [1.82, 2.24) is 4.57 Å². The third-order valence-corrected chi connectivity index (χ3v) is 8.01. The average molecular weight is 522 g/mol. The molecule has 1 nitrogen and oxygen atoms in total. The van der Waals surface area contributed by atoms with Crippen molar-refractivity contribution in [3.63, 3.8) is 0 Å². The van der Waals surface area contributed by atoms with Crippen molar-refractivity contribution < 1.29 is 0 Å². The highest BCUT2D eigenvalue weighted by Gasteiger charge is 2.41. The first-order chi connectivity index (χ1) is 19.3. The number of hydrogen-bond acceptors (Lipinski definition) is 0. The summed E-state index contributed by atoms with van der Waals surface area (Å²) in [5.41, 5.74) is 11.7. The van der Waals surface area contributed by atoms with Crippen LogP contribution in [0.4, 0.5) is 0 Å². The lowest BCUT2D eigenvalue weighted by Crippen LogP contribution is -2.15. The Kier molecular flexibility index (Phi) is 7.50. The molecule has 1 aliphatic carbocycles. The summed E-state index contributed by atoms with van der Waals surface area (Å²) >= 11 is 0. The average Bonchev–Trinajstić information content (AvgIpc) is 3.43. The van der Waals surface area contributed by atoms with Crippen LogP contribution in [0, 0.1) is 0 Å². The fourth-order valence-corrected chi connectivity index (χ4v) is 6.03. The molecule has 4 aromatic carbocycles. The van der Waals surface area contributed by atoms with Gasteiger partial charge in [-0.2, -0.15) is 0 Å². The molecule has 0 radical (unpaired) electrons. The second-order valence-corrected chi connectivity index (χ2v) is 11.2. The van der Waals surface area contributed by atoms with Crippen molar-refractivity contribution in [3.05, 3.63) is 144 Å². The molecular formula is C39H39N. The molecule has 0 aliphatic heterocycles. The Morgan fingerprint density at radius 3 is 2.10 bits per heavy atom. The number of aromatic nitrogens is 1. The first-order valence-corrected chi connectivity index (χ1v) is 14.1. The lowest BCUT2D eigenvalue weighted by atomic mass is 9.79. The van der Waals surface area contributed by atoms with Crippen molar-refractivity contribution >= 4 is 27.2 Å². The third kappa shape index (κ3) is 4.67. The van der Waals surface area contributed by atoms with Crippen LogP contribution in [0.1, 0.15) is 58.2 Å². The maximum atomic E-state index is 3.71. The monoisotopic (exact) mass is 521 g/mol. The van der Waals surface area contributed by atoms with E-state index in [1.54, 1.807) is 0 Å². The van der Waals surface area contributed by atoms with Gasteiger partial charge in [0.05, 0.1) is 11.2 Å². The Balaban J connectivity index is 0.000000355. The van der Waals surface area contributed by atoms with Gasteiger partial charge in [-0.25, -0.2) is 0 Å². The molecule has 200 valence electrons. The van der Waals surface area contributed by atoms with Gasteiger partial charge in [-0.05, 0) is 78.9 Å².